The second kappa shape index (κ2) is 11.0. The van der Waals surface area contributed by atoms with E-state index in [1.807, 2.05) is 18.2 Å². The van der Waals surface area contributed by atoms with Crippen molar-refractivity contribution in [3.05, 3.63) is 24.3 Å². The smallest absolute Gasteiger partial charge is 0.305 e. The van der Waals surface area contributed by atoms with E-state index in [2.05, 4.69) is 6.92 Å². The predicted octanol–water partition coefficient (Wildman–Crippen LogP) is 2.79. The normalized spacial score (nSPS) is 10.3. The van der Waals surface area contributed by atoms with Crippen molar-refractivity contribution >= 4 is 11.7 Å². The molecule has 0 aliphatic carbocycles. The van der Waals surface area contributed by atoms with E-state index in [4.69, 9.17) is 19.9 Å². The number of esters is 1. The summed E-state index contributed by atoms with van der Waals surface area (Å²) in [6.45, 7) is 3.62. The number of ether oxygens (including phenoxy) is 3. The number of hydrogen-bond acceptors (Lipinski definition) is 5. The topological polar surface area (TPSA) is 70.8 Å². The fourth-order valence-corrected chi connectivity index (χ4v) is 1.73. The van der Waals surface area contributed by atoms with Gasteiger partial charge in [-0.05, 0) is 18.6 Å². The van der Waals surface area contributed by atoms with Crippen LogP contribution in [0.1, 0.15) is 32.6 Å². The number of benzene rings is 1. The molecule has 0 aromatic heterocycles. The standard InChI is InChI=1S/C16H25NO4/c1-2-3-4-9-16(18)21-13-11-19-10-12-20-15-8-6-5-7-14(15)17/h5-8H,2-4,9-13,17H2,1H3. The Balaban J connectivity index is 1.95. The van der Waals surface area contributed by atoms with E-state index < -0.39 is 0 Å². The van der Waals surface area contributed by atoms with E-state index in [0.29, 0.717) is 44.3 Å². The molecule has 118 valence electrons. The third kappa shape index (κ3) is 8.19. The SMILES string of the molecule is CCCCCC(=O)OCCOCCOc1ccccc1N. The minimum Gasteiger partial charge on any atom is -0.489 e. The van der Waals surface area contributed by atoms with Crippen molar-refractivity contribution in [2.75, 3.05) is 32.2 Å². The van der Waals surface area contributed by atoms with Crippen molar-refractivity contribution in [3.8, 4) is 5.75 Å². The van der Waals surface area contributed by atoms with Gasteiger partial charge in [0, 0.05) is 6.42 Å². The van der Waals surface area contributed by atoms with Crippen LogP contribution < -0.4 is 10.5 Å². The number of nitrogens with two attached hydrogens (primary N) is 1. The van der Waals surface area contributed by atoms with Crippen LogP contribution in [-0.4, -0.2) is 32.4 Å². The third-order valence-electron chi connectivity index (χ3n) is 2.88. The molecule has 0 bridgehead atoms. The predicted molar refractivity (Wildman–Crippen MR) is 82.3 cm³/mol. The van der Waals surface area contributed by atoms with Crippen LogP contribution >= 0.6 is 0 Å². The monoisotopic (exact) mass is 295 g/mol. The van der Waals surface area contributed by atoms with E-state index in [1.54, 1.807) is 6.07 Å². The van der Waals surface area contributed by atoms with Gasteiger partial charge in [0.05, 0.1) is 18.9 Å². The number of nitrogen functional groups attached to an aromatic ring is 1. The highest BCUT2D eigenvalue weighted by Crippen LogP contribution is 2.19. The molecule has 1 rings (SSSR count). The van der Waals surface area contributed by atoms with Crippen LogP contribution in [0.4, 0.5) is 5.69 Å². The Morgan fingerprint density at radius 3 is 2.62 bits per heavy atom. The molecular formula is C16H25NO4. The highest BCUT2D eigenvalue weighted by Gasteiger charge is 2.02. The quantitative estimate of drug-likeness (QED) is 0.386. The largest absolute Gasteiger partial charge is 0.489 e. The first-order chi connectivity index (χ1) is 10.2. The molecule has 5 nitrogen and oxygen atoms in total. The molecule has 0 amide bonds. The maximum Gasteiger partial charge on any atom is 0.305 e. The first-order valence-electron chi connectivity index (χ1n) is 7.44. The van der Waals surface area contributed by atoms with Gasteiger partial charge in [0.1, 0.15) is 19.0 Å². The first-order valence-corrected chi connectivity index (χ1v) is 7.44. The van der Waals surface area contributed by atoms with Gasteiger partial charge in [0.25, 0.3) is 0 Å². The van der Waals surface area contributed by atoms with Crippen molar-refractivity contribution in [2.24, 2.45) is 0 Å². The van der Waals surface area contributed by atoms with Crippen molar-refractivity contribution in [3.63, 3.8) is 0 Å². The molecule has 0 atom stereocenters. The molecule has 5 heteroatoms. The molecule has 21 heavy (non-hydrogen) atoms. The summed E-state index contributed by atoms with van der Waals surface area (Å²) >= 11 is 0. The second-order valence-corrected chi connectivity index (χ2v) is 4.68. The molecular weight excluding hydrogens is 270 g/mol. The van der Waals surface area contributed by atoms with Gasteiger partial charge >= 0.3 is 5.97 Å². The van der Waals surface area contributed by atoms with E-state index in [9.17, 15) is 4.79 Å². The molecule has 1 aromatic carbocycles. The molecule has 0 aliphatic rings. The molecule has 0 aliphatic heterocycles. The molecule has 0 saturated carbocycles. The zero-order valence-corrected chi connectivity index (χ0v) is 12.7. The number of carbonyl (C=O) groups excluding carboxylic acids is 1. The van der Waals surface area contributed by atoms with E-state index >= 15 is 0 Å². The van der Waals surface area contributed by atoms with Crippen LogP contribution in [0.3, 0.4) is 0 Å². The van der Waals surface area contributed by atoms with Crippen LogP contribution in [0.5, 0.6) is 5.75 Å². The zero-order valence-electron chi connectivity index (χ0n) is 12.7. The maximum absolute atomic E-state index is 11.3. The Kier molecular flexibility index (Phi) is 9.04. The minimum atomic E-state index is -0.152. The number of rotatable bonds is 11. The lowest BCUT2D eigenvalue weighted by molar-refractivity contribution is -0.145. The van der Waals surface area contributed by atoms with Gasteiger partial charge < -0.3 is 19.9 Å². The number of hydrogen-bond donors (Lipinski definition) is 1. The molecule has 0 saturated heterocycles. The van der Waals surface area contributed by atoms with Gasteiger partial charge in [-0.25, -0.2) is 0 Å². The van der Waals surface area contributed by atoms with Crippen LogP contribution in [-0.2, 0) is 14.3 Å². The van der Waals surface area contributed by atoms with Crippen molar-refractivity contribution in [2.45, 2.75) is 32.6 Å². The summed E-state index contributed by atoms with van der Waals surface area (Å²) in [4.78, 5) is 11.3. The van der Waals surface area contributed by atoms with Gasteiger partial charge in [-0.2, -0.15) is 0 Å². The van der Waals surface area contributed by atoms with E-state index in [0.717, 1.165) is 19.3 Å². The van der Waals surface area contributed by atoms with Gasteiger partial charge in [-0.1, -0.05) is 31.9 Å². The molecule has 0 radical (unpaired) electrons. The molecule has 2 N–H and O–H groups in total. The van der Waals surface area contributed by atoms with Crippen molar-refractivity contribution in [1.29, 1.82) is 0 Å². The number of anilines is 1. The Morgan fingerprint density at radius 2 is 1.86 bits per heavy atom. The number of unbranched alkanes of at least 4 members (excludes halogenated alkanes) is 2. The van der Waals surface area contributed by atoms with Crippen molar-refractivity contribution < 1.29 is 19.0 Å². The molecule has 0 unspecified atom stereocenters. The average molecular weight is 295 g/mol. The Hall–Kier alpha value is -1.75. The van der Waals surface area contributed by atoms with Crippen LogP contribution in [0, 0.1) is 0 Å². The summed E-state index contributed by atoms with van der Waals surface area (Å²) in [7, 11) is 0. The highest BCUT2D eigenvalue weighted by atomic mass is 16.6. The first kappa shape index (κ1) is 17.3. The van der Waals surface area contributed by atoms with E-state index in [1.165, 1.54) is 0 Å². The summed E-state index contributed by atoms with van der Waals surface area (Å²) in [5, 5.41) is 0. The molecule has 0 heterocycles. The third-order valence-corrected chi connectivity index (χ3v) is 2.88. The number of para-hydroxylation sites is 2. The number of carbonyl (C=O) groups is 1. The van der Waals surface area contributed by atoms with Crippen LogP contribution in [0.15, 0.2) is 24.3 Å². The van der Waals surface area contributed by atoms with E-state index in [-0.39, 0.29) is 5.97 Å². The van der Waals surface area contributed by atoms with Crippen molar-refractivity contribution in [1.82, 2.24) is 0 Å². The lowest BCUT2D eigenvalue weighted by Gasteiger charge is -2.09. The lowest BCUT2D eigenvalue weighted by Crippen LogP contribution is -2.13. The molecule has 1 aromatic rings. The molecule has 0 fully saturated rings. The second-order valence-electron chi connectivity index (χ2n) is 4.68. The molecule has 0 spiro atoms. The summed E-state index contributed by atoms with van der Waals surface area (Å²) in [6, 6.07) is 7.32. The Labute approximate surface area is 126 Å². The highest BCUT2D eigenvalue weighted by molar-refractivity contribution is 5.69. The Morgan fingerprint density at radius 1 is 1.10 bits per heavy atom. The minimum absolute atomic E-state index is 0.152. The van der Waals surface area contributed by atoms with Gasteiger partial charge in [0.15, 0.2) is 0 Å². The maximum atomic E-state index is 11.3. The van der Waals surface area contributed by atoms with Gasteiger partial charge in [-0.15, -0.1) is 0 Å². The van der Waals surface area contributed by atoms with Gasteiger partial charge in [0.2, 0.25) is 0 Å². The zero-order chi connectivity index (χ0) is 15.3. The van der Waals surface area contributed by atoms with Crippen LogP contribution in [0.2, 0.25) is 0 Å². The summed E-state index contributed by atoms with van der Waals surface area (Å²) < 4.78 is 15.8. The summed E-state index contributed by atoms with van der Waals surface area (Å²) in [5.41, 5.74) is 6.35. The Bertz CT molecular complexity index is 409. The fourth-order valence-electron chi connectivity index (χ4n) is 1.73. The van der Waals surface area contributed by atoms with Crippen LogP contribution in [0.25, 0.3) is 0 Å². The average Bonchev–Trinajstić information content (AvgIpc) is 2.48. The van der Waals surface area contributed by atoms with Gasteiger partial charge in [-0.3, -0.25) is 4.79 Å². The summed E-state index contributed by atoms with van der Waals surface area (Å²) in [5.74, 6) is 0.504. The fraction of sp³-hybridized carbons (Fsp3) is 0.562. The summed E-state index contributed by atoms with van der Waals surface area (Å²) in [6.07, 6.45) is 3.54. The lowest BCUT2D eigenvalue weighted by atomic mass is 10.2.